The largest absolute Gasteiger partial charge is 0.469 e. The fourth-order valence-electron chi connectivity index (χ4n) is 5.46. The summed E-state index contributed by atoms with van der Waals surface area (Å²) in [5.74, 6) is 0.913. The Labute approximate surface area is 208 Å². The van der Waals surface area contributed by atoms with E-state index in [0.717, 1.165) is 46.9 Å². The highest BCUT2D eigenvalue weighted by atomic mass is 32.1. The molecule has 0 atom stereocenters. The molecule has 0 amide bonds. The smallest absolute Gasteiger partial charge is 0.308 e. The Morgan fingerprint density at radius 3 is 2.43 bits per heavy atom. The van der Waals surface area contributed by atoms with E-state index >= 15 is 0 Å². The molecule has 0 unspecified atom stereocenters. The summed E-state index contributed by atoms with van der Waals surface area (Å²) in [7, 11) is 1.44. The third-order valence-electron chi connectivity index (χ3n) is 8.06. The summed E-state index contributed by atoms with van der Waals surface area (Å²) in [5.41, 5.74) is 3.03. The number of rotatable bonds is 7. The maximum Gasteiger partial charge on any atom is 0.308 e. The summed E-state index contributed by atoms with van der Waals surface area (Å²) in [4.78, 5) is 20.8. The van der Waals surface area contributed by atoms with E-state index in [4.69, 9.17) is 9.47 Å². The summed E-state index contributed by atoms with van der Waals surface area (Å²) >= 11 is 1.59. The zero-order valence-corrected chi connectivity index (χ0v) is 20.6. The van der Waals surface area contributed by atoms with Gasteiger partial charge in [0, 0.05) is 29.3 Å². The Hall–Kier alpha value is -2.91. The van der Waals surface area contributed by atoms with Crippen LogP contribution in [0.3, 0.4) is 0 Å². The van der Waals surface area contributed by atoms with Crippen molar-refractivity contribution in [3.8, 4) is 11.1 Å². The molecule has 4 fully saturated rings. The monoisotopic (exact) mass is 491 g/mol. The molecule has 2 aliphatic carbocycles. The van der Waals surface area contributed by atoms with Gasteiger partial charge in [0.15, 0.2) is 0 Å². The number of methoxy groups -OCH3 is 1. The molecule has 1 aromatic carbocycles. The molecule has 1 N–H and O–H groups in total. The molecule has 0 radical (unpaired) electrons. The average molecular weight is 492 g/mol. The molecule has 2 aromatic heterocycles. The van der Waals surface area contributed by atoms with E-state index in [1.165, 1.54) is 31.9 Å². The van der Waals surface area contributed by atoms with Gasteiger partial charge in [0.25, 0.3) is 0 Å². The Morgan fingerprint density at radius 1 is 1.09 bits per heavy atom. The lowest BCUT2D eigenvalue weighted by Crippen LogP contribution is -2.54. The van der Waals surface area contributed by atoms with Gasteiger partial charge in [0.2, 0.25) is 11.1 Å². The average Bonchev–Trinajstić information content (AvgIpc) is 3.32. The number of benzene rings is 1. The highest BCUT2D eigenvalue weighted by molar-refractivity contribution is 7.15. The third kappa shape index (κ3) is 4.31. The maximum atomic E-state index is 11.8. The SMILES string of the molecule is COC(=O)CC12CCC(c3ccc(-c4cnc(Nc5nnc(C6CCC6)s5)nc4)cc3)(CC1)CO2. The minimum atomic E-state index is -0.338. The van der Waals surface area contributed by atoms with Crippen molar-refractivity contribution in [1.29, 1.82) is 0 Å². The Morgan fingerprint density at radius 2 is 1.83 bits per heavy atom. The van der Waals surface area contributed by atoms with Gasteiger partial charge in [-0.15, -0.1) is 10.2 Å². The molecule has 2 saturated heterocycles. The van der Waals surface area contributed by atoms with E-state index < -0.39 is 0 Å². The Balaban J connectivity index is 1.10. The number of hydrogen-bond donors (Lipinski definition) is 1. The van der Waals surface area contributed by atoms with E-state index in [0.29, 0.717) is 24.9 Å². The predicted molar refractivity (Wildman–Crippen MR) is 133 cm³/mol. The van der Waals surface area contributed by atoms with Gasteiger partial charge in [-0.05, 0) is 49.7 Å². The van der Waals surface area contributed by atoms with Gasteiger partial charge in [0.05, 0.1) is 25.7 Å². The Bertz CT molecular complexity index is 1180. The first-order chi connectivity index (χ1) is 17.1. The number of hydrogen-bond acceptors (Lipinski definition) is 9. The molecule has 9 heteroatoms. The van der Waals surface area contributed by atoms with E-state index in [2.05, 4.69) is 49.7 Å². The van der Waals surface area contributed by atoms with Crippen LogP contribution in [0.5, 0.6) is 0 Å². The second kappa shape index (κ2) is 8.95. The van der Waals surface area contributed by atoms with Crippen molar-refractivity contribution < 1.29 is 14.3 Å². The molecular weight excluding hydrogens is 462 g/mol. The lowest BCUT2D eigenvalue weighted by atomic mass is 9.62. The normalized spacial score (nSPS) is 25.7. The van der Waals surface area contributed by atoms with Gasteiger partial charge in [-0.2, -0.15) is 0 Å². The van der Waals surface area contributed by atoms with Crippen LogP contribution in [0.15, 0.2) is 36.7 Å². The van der Waals surface area contributed by atoms with Gasteiger partial charge in [0.1, 0.15) is 5.01 Å². The molecular formula is C26H29N5O3S. The van der Waals surface area contributed by atoms with Crippen LogP contribution in [0.2, 0.25) is 0 Å². The van der Waals surface area contributed by atoms with Crippen molar-refractivity contribution in [2.45, 2.75) is 68.3 Å². The van der Waals surface area contributed by atoms with Crippen molar-refractivity contribution in [3.05, 3.63) is 47.2 Å². The number of carbonyl (C=O) groups is 1. The van der Waals surface area contributed by atoms with Gasteiger partial charge < -0.3 is 9.47 Å². The summed E-state index contributed by atoms with van der Waals surface area (Å²) in [6.07, 6.45) is 11.6. The molecule has 2 bridgehead atoms. The first-order valence-corrected chi connectivity index (χ1v) is 13.1. The minimum absolute atomic E-state index is 0.0285. The number of fused-ring (bicyclic) bond motifs is 3. The molecule has 35 heavy (non-hydrogen) atoms. The van der Waals surface area contributed by atoms with Crippen LogP contribution in [0.4, 0.5) is 11.1 Å². The molecule has 0 spiro atoms. The van der Waals surface area contributed by atoms with E-state index in [9.17, 15) is 4.79 Å². The van der Waals surface area contributed by atoms with Crippen LogP contribution in [0.25, 0.3) is 11.1 Å². The molecule has 4 aliphatic rings. The van der Waals surface area contributed by atoms with E-state index in [-0.39, 0.29) is 17.0 Å². The maximum absolute atomic E-state index is 11.8. The number of aromatic nitrogens is 4. The fraction of sp³-hybridized carbons (Fsp3) is 0.500. The molecule has 3 aromatic rings. The van der Waals surface area contributed by atoms with Crippen LogP contribution in [0.1, 0.15) is 67.9 Å². The second-order valence-electron chi connectivity index (χ2n) is 10.1. The Kier molecular flexibility index (Phi) is 5.76. The van der Waals surface area contributed by atoms with Crippen molar-refractivity contribution in [1.82, 2.24) is 20.2 Å². The molecule has 2 aliphatic heterocycles. The number of carbonyl (C=O) groups excluding carboxylic acids is 1. The fourth-order valence-corrected chi connectivity index (χ4v) is 6.36. The first-order valence-electron chi connectivity index (χ1n) is 12.3. The van der Waals surface area contributed by atoms with Crippen LogP contribution in [0, 0.1) is 0 Å². The summed E-state index contributed by atoms with van der Waals surface area (Å²) in [6.45, 7) is 0.654. The molecule has 7 rings (SSSR count). The van der Waals surface area contributed by atoms with Crippen LogP contribution in [-0.2, 0) is 19.7 Å². The van der Waals surface area contributed by atoms with Gasteiger partial charge in [-0.1, -0.05) is 42.0 Å². The highest BCUT2D eigenvalue weighted by Gasteiger charge is 2.51. The van der Waals surface area contributed by atoms with Crippen molar-refractivity contribution in [2.24, 2.45) is 0 Å². The van der Waals surface area contributed by atoms with Crippen LogP contribution >= 0.6 is 11.3 Å². The zero-order valence-electron chi connectivity index (χ0n) is 19.8. The van der Waals surface area contributed by atoms with Crippen molar-refractivity contribution in [3.63, 3.8) is 0 Å². The number of esters is 1. The predicted octanol–water partition coefficient (Wildman–Crippen LogP) is 5.15. The van der Waals surface area contributed by atoms with Crippen LogP contribution in [-0.4, -0.2) is 45.5 Å². The zero-order chi connectivity index (χ0) is 23.9. The summed E-state index contributed by atoms with van der Waals surface area (Å²) in [5, 5.41) is 13.5. The lowest BCUT2D eigenvalue weighted by molar-refractivity contribution is -0.176. The number of anilines is 2. The molecule has 182 valence electrons. The van der Waals surface area contributed by atoms with Gasteiger partial charge in [-0.25, -0.2) is 9.97 Å². The minimum Gasteiger partial charge on any atom is -0.469 e. The molecule has 4 heterocycles. The summed E-state index contributed by atoms with van der Waals surface area (Å²) < 4.78 is 11.1. The van der Waals surface area contributed by atoms with Crippen LogP contribution < -0.4 is 5.32 Å². The highest BCUT2D eigenvalue weighted by Crippen LogP contribution is 2.51. The number of nitrogens with one attached hydrogen (secondary N) is 1. The standard InChI is InChI=1S/C26H29N5O3S/c1-33-21(32)13-26-11-9-25(10-12-26,16-34-26)20-7-5-17(6-8-20)19-14-27-23(28-15-19)29-24-31-30-22(35-24)18-3-2-4-18/h5-8,14-15,18H,2-4,9-13,16H2,1H3,(H,27,28,29,31). The third-order valence-corrected chi connectivity index (χ3v) is 9.06. The molecule has 8 nitrogen and oxygen atoms in total. The van der Waals surface area contributed by atoms with E-state index in [1.807, 2.05) is 12.4 Å². The topological polar surface area (TPSA) is 99.1 Å². The van der Waals surface area contributed by atoms with Gasteiger partial charge in [-0.3, -0.25) is 10.1 Å². The molecule has 2 saturated carbocycles. The first kappa shape index (κ1) is 22.5. The second-order valence-corrected chi connectivity index (χ2v) is 11.1. The lowest BCUT2D eigenvalue weighted by Gasteiger charge is -2.53. The van der Waals surface area contributed by atoms with Crippen molar-refractivity contribution in [2.75, 3.05) is 19.0 Å². The van der Waals surface area contributed by atoms with Crippen molar-refractivity contribution >= 4 is 28.4 Å². The van der Waals surface area contributed by atoms with E-state index in [1.54, 1.807) is 11.3 Å². The summed E-state index contributed by atoms with van der Waals surface area (Å²) in [6, 6.07) is 8.67. The van der Waals surface area contributed by atoms with Gasteiger partial charge >= 0.3 is 5.97 Å². The number of nitrogens with zero attached hydrogens (tertiary/aromatic N) is 4. The number of ether oxygens (including phenoxy) is 2. The quantitative estimate of drug-likeness (QED) is 0.453.